The first kappa shape index (κ1) is 25.1. The number of nitrogens with one attached hydrogen (secondary N) is 1. The number of nitrogens with zero attached hydrogens (tertiary/aromatic N) is 1. The quantitative estimate of drug-likeness (QED) is 0.689. The lowest BCUT2D eigenvalue weighted by molar-refractivity contribution is -0.118. The van der Waals surface area contributed by atoms with Gasteiger partial charge in [0.2, 0.25) is 0 Å². The molecule has 1 aliphatic heterocycles. The Hall–Kier alpha value is -0.950. The predicted molar refractivity (Wildman–Crippen MR) is 112 cm³/mol. The van der Waals surface area contributed by atoms with Gasteiger partial charge in [-0.2, -0.15) is 0 Å². The Balaban J connectivity index is 0.00000392. The number of piperazine rings is 1. The van der Waals surface area contributed by atoms with Crippen molar-refractivity contribution in [3.05, 3.63) is 28.8 Å². The molecule has 1 aliphatic rings. The second-order valence-electron chi connectivity index (χ2n) is 9.57. The van der Waals surface area contributed by atoms with Crippen LogP contribution in [0.3, 0.4) is 0 Å². The molecule has 28 heavy (non-hydrogen) atoms. The lowest BCUT2D eigenvalue weighted by Crippen LogP contribution is -2.51. The van der Waals surface area contributed by atoms with Crippen molar-refractivity contribution in [2.24, 2.45) is 0 Å². The molecular formula is C21H35ClF2N2O2. The summed E-state index contributed by atoms with van der Waals surface area (Å²) < 4.78 is 29.7. The van der Waals surface area contributed by atoms with E-state index in [1.807, 2.05) is 41.5 Å². The molecule has 1 aromatic carbocycles. The highest BCUT2D eigenvalue weighted by atomic mass is 35.5. The van der Waals surface area contributed by atoms with Crippen molar-refractivity contribution in [1.29, 1.82) is 0 Å². The van der Waals surface area contributed by atoms with Crippen LogP contribution in [0.2, 0.25) is 0 Å². The summed E-state index contributed by atoms with van der Waals surface area (Å²) in [6, 6.07) is 2.16. The summed E-state index contributed by atoms with van der Waals surface area (Å²) in [5.74, 6) is -3.11. The lowest BCUT2D eigenvalue weighted by atomic mass is 9.77. The largest absolute Gasteiger partial charge is 0.507 e. The van der Waals surface area contributed by atoms with Gasteiger partial charge < -0.3 is 15.5 Å². The summed E-state index contributed by atoms with van der Waals surface area (Å²) in [5.41, 5.74) is 0.951. The number of hydrogen-bond donors (Lipinski definition) is 3. The Labute approximate surface area is 173 Å². The van der Waals surface area contributed by atoms with Crippen LogP contribution >= 0.6 is 12.4 Å². The molecule has 3 N–H and O–H groups in total. The van der Waals surface area contributed by atoms with Gasteiger partial charge in [0.05, 0.1) is 0 Å². The minimum absolute atomic E-state index is 0. The molecule has 0 spiro atoms. The van der Waals surface area contributed by atoms with Crippen LogP contribution in [0.25, 0.3) is 0 Å². The monoisotopic (exact) mass is 420 g/mol. The first-order valence-electron chi connectivity index (χ1n) is 9.60. The van der Waals surface area contributed by atoms with E-state index in [-0.39, 0.29) is 18.2 Å². The second-order valence-corrected chi connectivity index (χ2v) is 9.57. The van der Waals surface area contributed by atoms with Gasteiger partial charge >= 0.3 is 0 Å². The average molecular weight is 421 g/mol. The summed E-state index contributed by atoms with van der Waals surface area (Å²) in [7, 11) is 0. The van der Waals surface area contributed by atoms with Crippen molar-refractivity contribution >= 4 is 12.4 Å². The maximum atomic E-state index is 14.9. The number of hydrogen-bond acceptors (Lipinski definition) is 4. The average Bonchev–Trinajstić information content (AvgIpc) is 2.55. The Morgan fingerprint density at radius 1 is 1.00 bits per heavy atom. The zero-order chi connectivity index (χ0) is 20.6. The van der Waals surface area contributed by atoms with Crippen molar-refractivity contribution in [1.82, 2.24) is 10.2 Å². The van der Waals surface area contributed by atoms with E-state index in [4.69, 9.17) is 0 Å². The van der Waals surface area contributed by atoms with Gasteiger partial charge in [0.15, 0.2) is 0 Å². The standard InChI is InChI=1S/C21H34F2N2O2.ClH/c1-19(2,3)15-11-14(12-16(17(15)27)20(4,5)6)18(21(22,23)13-26)25-9-7-24-8-10-25;/h11-12,18,24,26-27H,7-10,13H2,1-6H3;1H/t18-;/m1./s1. The van der Waals surface area contributed by atoms with Gasteiger partial charge in [-0.1, -0.05) is 41.5 Å². The van der Waals surface area contributed by atoms with Gasteiger partial charge in [0, 0.05) is 26.2 Å². The number of halogens is 3. The minimum atomic E-state index is -3.28. The van der Waals surface area contributed by atoms with Crippen LogP contribution in [0.5, 0.6) is 5.75 Å². The highest BCUT2D eigenvalue weighted by Gasteiger charge is 2.45. The van der Waals surface area contributed by atoms with Gasteiger partial charge in [-0.25, -0.2) is 8.78 Å². The topological polar surface area (TPSA) is 55.7 Å². The fourth-order valence-electron chi connectivity index (χ4n) is 3.71. The number of aliphatic hydroxyl groups excluding tert-OH is 1. The number of benzene rings is 1. The van der Waals surface area contributed by atoms with Crippen molar-refractivity contribution in [3.63, 3.8) is 0 Å². The molecule has 1 atom stereocenters. The lowest BCUT2D eigenvalue weighted by Gasteiger charge is -2.40. The third-order valence-corrected chi connectivity index (χ3v) is 5.19. The molecule has 1 fully saturated rings. The Morgan fingerprint density at radius 3 is 1.79 bits per heavy atom. The zero-order valence-corrected chi connectivity index (χ0v) is 18.6. The van der Waals surface area contributed by atoms with Crippen molar-refractivity contribution in [3.8, 4) is 5.75 Å². The SMILES string of the molecule is CC(C)(C)c1cc([C@@H](N2CCNCC2)C(F)(F)CO)cc(C(C)(C)C)c1O.Cl. The molecule has 162 valence electrons. The molecule has 1 saturated heterocycles. The van der Waals surface area contributed by atoms with E-state index in [0.717, 1.165) is 0 Å². The van der Waals surface area contributed by atoms with Gasteiger partial charge in [-0.05, 0) is 39.7 Å². The van der Waals surface area contributed by atoms with E-state index in [1.165, 1.54) is 0 Å². The molecule has 0 saturated carbocycles. The maximum Gasteiger partial charge on any atom is 0.289 e. The van der Waals surface area contributed by atoms with Gasteiger partial charge in [0.25, 0.3) is 5.92 Å². The molecule has 0 unspecified atom stereocenters. The molecule has 7 heteroatoms. The number of alkyl halides is 2. The van der Waals surface area contributed by atoms with Crippen LogP contribution in [-0.2, 0) is 10.8 Å². The smallest absolute Gasteiger partial charge is 0.289 e. The number of aliphatic hydroxyl groups is 1. The third kappa shape index (κ3) is 5.35. The summed E-state index contributed by atoms with van der Waals surface area (Å²) in [6.45, 7) is 12.8. The Kier molecular flexibility index (Phi) is 7.90. The van der Waals surface area contributed by atoms with Gasteiger partial charge in [-0.3, -0.25) is 4.90 Å². The Bertz CT molecular complexity index is 628. The first-order chi connectivity index (χ1) is 12.3. The van der Waals surface area contributed by atoms with Crippen molar-refractivity contribution in [2.45, 2.75) is 64.3 Å². The van der Waals surface area contributed by atoms with E-state index in [2.05, 4.69) is 5.32 Å². The van der Waals surface area contributed by atoms with Crippen molar-refractivity contribution in [2.75, 3.05) is 32.8 Å². The van der Waals surface area contributed by atoms with E-state index >= 15 is 0 Å². The minimum Gasteiger partial charge on any atom is -0.507 e. The van der Waals surface area contributed by atoms with E-state index in [9.17, 15) is 19.0 Å². The fraction of sp³-hybridized carbons (Fsp3) is 0.714. The van der Waals surface area contributed by atoms with Crippen molar-refractivity contribution < 1.29 is 19.0 Å². The summed E-state index contributed by atoms with van der Waals surface area (Å²) >= 11 is 0. The highest BCUT2D eigenvalue weighted by molar-refractivity contribution is 5.85. The number of aromatic hydroxyl groups is 1. The molecule has 0 bridgehead atoms. The normalized spacial score (nSPS) is 17.9. The molecule has 4 nitrogen and oxygen atoms in total. The fourth-order valence-corrected chi connectivity index (χ4v) is 3.71. The van der Waals surface area contributed by atoms with E-state index in [1.54, 1.807) is 17.0 Å². The molecule has 0 amide bonds. The van der Waals surface area contributed by atoms with Crippen LogP contribution < -0.4 is 5.32 Å². The molecule has 2 rings (SSSR count). The first-order valence-corrected chi connectivity index (χ1v) is 9.60. The van der Waals surface area contributed by atoms with Crippen LogP contribution in [-0.4, -0.2) is 53.8 Å². The van der Waals surface area contributed by atoms with E-state index in [0.29, 0.717) is 42.9 Å². The predicted octanol–water partition coefficient (Wildman–Crippen LogP) is 3.98. The van der Waals surface area contributed by atoms with Gasteiger partial charge in [0.1, 0.15) is 18.4 Å². The Morgan fingerprint density at radius 2 is 1.43 bits per heavy atom. The van der Waals surface area contributed by atoms with Crippen LogP contribution in [0.1, 0.15) is 64.3 Å². The molecule has 0 aliphatic carbocycles. The molecule has 1 heterocycles. The second kappa shape index (κ2) is 8.82. The van der Waals surface area contributed by atoms with Crippen LogP contribution in [0.15, 0.2) is 12.1 Å². The summed E-state index contributed by atoms with van der Waals surface area (Å²) in [6.07, 6.45) is 0. The van der Waals surface area contributed by atoms with Crippen LogP contribution in [0, 0.1) is 0 Å². The zero-order valence-electron chi connectivity index (χ0n) is 17.8. The number of phenols is 1. The van der Waals surface area contributed by atoms with Crippen LogP contribution in [0.4, 0.5) is 8.78 Å². The molecule has 0 aromatic heterocycles. The number of phenolic OH excluding ortho intramolecular Hbond substituents is 1. The summed E-state index contributed by atoms with van der Waals surface area (Å²) in [5, 5.41) is 23.5. The van der Waals surface area contributed by atoms with Gasteiger partial charge in [-0.15, -0.1) is 12.4 Å². The summed E-state index contributed by atoms with van der Waals surface area (Å²) in [4.78, 5) is 1.73. The maximum absolute atomic E-state index is 14.9. The highest BCUT2D eigenvalue weighted by Crippen LogP contribution is 2.44. The third-order valence-electron chi connectivity index (χ3n) is 5.19. The number of rotatable bonds is 4. The molecule has 1 aromatic rings. The van der Waals surface area contributed by atoms with E-state index < -0.39 is 29.4 Å². The molecule has 0 radical (unpaired) electrons. The molecular weight excluding hydrogens is 386 g/mol.